The molecule has 0 spiro atoms. The van der Waals surface area contributed by atoms with Crippen molar-refractivity contribution in [3.05, 3.63) is 51.3 Å². The molecular weight excluding hydrogens is 330 g/mol. The number of ether oxygens (including phenoxy) is 1. The standard InChI is InChI=1S/C13H13BrClN3O/c1-19-12-6-8(17-7-18-12)5-11(16)9-3-2-4-10(14)13(9)15/h2-4,6-7,11H,5,16H2,1H3. The van der Waals surface area contributed by atoms with E-state index in [0.29, 0.717) is 17.3 Å². The van der Waals surface area contributed by atoms with Crippen LogP contribution in [0, 0.1) is 0 Å². The Balaban J connectivity index is 2.20. The van der Waals surface area contributed by atoms with Gasteiger partial charge >= 0.3 is 0 Å². The fourth-order valence-electron chi connectivity index (χ4n) is 1.74. The number of benzene rings is 1. The maximum absolute atomic E-state index is 6.23. The number of methoxy groups -OCH3 is 1. The lowest BCUT2D eigenvalue weighted by Gasteiger charge is -2.14. The Morgan fingerprint density at radius 3 is 2.95 bits per heavy atom. The quantitative estimate of drug-likeness (QED) is 0.927. The largest absolute Gasteiger partial charge is 0.481 e. The van der Waals surface area contributed by atoms with Gasteiger partial charge in [0.05, 0.1) is 12.1 Å². The second kappa shape index (κ2) is 6.32. The summed E-state index contributed by atoms with van der Waals surface area (Å²) in [6.07, 6.45) is 2.03. The third-order valence-corrected chi connectivity index (χ3v) is 4.03. The summed E-state index contributed by atoms with van der Waals surface area (Å²) in [5.74, 6) is 0.525. The van der Waals surface area contributed by atoms with Gasteiger partial charge in [-0.25, -0.2) is 9.97 Å². The highest BCUT2D eigenvalue weighted by molar-refractivity contribution is 9.10. The van der Waals surface area contributed by atoms with Gasteiger partial charge in [0.1, 0.15) is 6.33 Å². The molecule has 0 saturated heterocycles. The van der Waals surface area contributed by atoms with Crippen molar-refractivity contribution in [3.63, 3.8) is 0 Å². The average Bonchev–Trinajstić information content (AvgIpc) is 2.42. The Morgan fingerprint density at radius 1 is 1.42 bits per heavy atom. The van der Waals surface area contributed by atoms with Crippen LogP contribution in [0.25, 0.3) is 0 Å². The SMILES string of the molecule is COc1cc(CC(N)c2cccc(Br)c2Cl)ncn1. The Morgan fingerprint density at radius 2 is 2.21 bits per heavy atom. The third kappa shape index (κ3) is 3.43. The lowest BCUT2D eigenvalue weighted by atomic mass is 10.0. The molecule has 1 heterocycles. The Bertz CT molecular complexity index is 580. The number of aromatic nitrogens is 2. The Hall–Kier alpha value is -1.17. The van der Waals surface area contributed by atoms with Crippen LogP contribution in [0.15, 0.2) is 35.1 Å². The molecule has 2 N–H and O–H groups in total. The summed E-state index contributed by atoms with van der Waals surface area (Å²) in [5.41, 5.74) is 7.88. The van der Waals surface area contributed by atoms with Crippen LogP contribution >= 0.6 is 27.5 Å². The van der Waals surface area contributed by atoms with Crippen LogP contribution in [-0.4, -0.2) is 17.1 Å². The summed E-state index contributed by atoms with van der Waals surface area (Å²) < 4.78 is 5.90. The molecule has 0 saturated carbocycles. The summed E-state index contributed by atoms with van der Waals surface area (Å²) in [7, 11) is 1.57. The summed E-state index contributed by atoms with van der Waals surface area (Å²) in [6, 6.07) is 7.24. The first-order chi connectivity index (χ1) is 9.11. The zero-order valence-electron chi connectivity index (χ0n) is 10.3. The van der Waals surface area contributed by atoms with E-state index in [1.807, 2.05) is 18.2 Å². The molecule has 0 aliphatic heterocycles. The molecule has 2 aromatic rings. The highest BCUT2D eigenvalue weighted by Gasteiger charge is 2.13. The number of hydrogen-bond donors (Lipinski definition) is 1. The normalized spacial score (nSPS) is 12.2. The molecule has 2 rings (SSSR count). The van der Waals surface area contributed by atoms with Crippen LogP contribution in [0.2, 0.25) is 5.02 Å². The first-order valence-corrected chi connectivity index (χ1v) is 6.83. The van der Waals surface area contributed by atoms with Crippen LogP contribution in [0.5, 0.6) is 5.88 Å². The van der Waals surface area contributed by atoms with Crippen molar-refractivity contribution in [2.24, 2.45) is 5.73 Å². The van der Waals surface area contributed by atoms with E-state index in [4.69, 9.17) is 22.1 Å². The highest BCUT2D eigenvalue weighted by Crippen LogP contribution is 2.30. The molecule has 0 fully saturated rings. The van der Waals surface area contributed by atoms with Gasteiger partial charge in [0.15, 0.2) is 0 Å². The van der Waals surface area contributed by atoms with Crippen molar-refractivity contribution in [1.82, 2.24) is 9.97 Å². The van der Waals surface area contributed by atoms with E-state index in [1.54, 1.807) is 13.2 Å². The number of rotatable bonds is 4. The zero-order valence-corrected chi connectivity index (χ0v) is 12.6. The predicted octanol–water partition coefficient (Wildman–Crippen LogP) is 3.14. The van der Waals surface area contributed by atoms with E-state index in [0.717, 1.165) is 15.7 Å². The molecule has 4 nitrogen and oxygen atoms in total. The van der Waals surface area contributed by atoms with Crippen molar-refractivity contribution in [2.45, 2.75) is 12.5 Å². The van der Waals surface area contributed by atoms with Crippen LogP contribution in [0.3, 0.4) is 0 Å². The fraction of sp³-hybridized carbons (Fsp3) is 0.231. The molecule has 100 valence electrons. The van der Waals surface area contributed by atoms with E-state index < -0.39 is 0 Å². The zero-order chi connectivity index (χ0) is 13.8. The van der Waals surface area contributed by atoms with Gasteiger partial charge in [0.25, 0.3) is 0 Å². The van der Waals surface area contributed by atoms with Gasteiger partial charge in [0.2, 0.25) is 5.88 Å². The molecule has 0 aliphatic carbocycles. The van der Waals surface area contributed by atoms with Crippen molar-refractivity contribution in [2.75, 3.05) is 7.11 Å². The van der Waals surface area contributed by atoms with Gasteiger partial charge in [0, 0.05) is 28.7 Å². The van der Waals surface area contributed by atoms with Crippen LogP contribution in [0.1, 0.15) is 17.3 Å². The van der Waals surface area contributed by atoms with E-state index >= 15 is 0 Å². The Kier molecular flexibility index (Phi) is 4.74. The lowest BCUT2D eigenvalue weighted by Crippen LogP contribution is -2.15. The molecule has 0 amide bonds. The maximum atomic E-state index is 6.23. The minimum atomic E-state index is -0.232. The van der Waals surface area contributed by atoms with E-state index in [-0.39, 0.29) is 6.04 Å². The van der Waals surface area contributed by atoms with Gasteiger partial charge in [-0.15, -0.1) is 0 Å². The van der Waals surface area contributed by atoms with Gasteiger partial charge in [-0.1, -0.05) is 23.7 Å². The smallest absolute Gasteiger partial charge is 0.216 e. The average molecular weight is 343 g/mol. The number of nitrogens with zero attached hydrogens (tertiary/aromatic N) is 2. The fourth-order valence-corrected chi connectivity index (χ4v) is 2.39. The lowest BCUT2D eigenvalue weighted by molar-refractivity contribution is 0.395. The van der Waals surface area contributed by atoms with E-state index in [2.05, 4.69) is 25.9 Å². The molecule has 0 radical (unpaired) electrons. The van der Waals surface area contributed by atoms with Gasteiger partial charge in [-0.2, -0.15) is 0 Å². The van der Waals surface area contributed by atoms with Crippen LogP contribution in [-0.2, 0) is 6.42 Å². The van der Waals surface area contributed by atoms with Crippen LogP contribution in [0.4, 0.5) is 0 Å². The van der Waals surface area contributed by atoms with Gasteiger partial charge in [-0.05, 0) is 27.6 Å². The summed E-state index contributed by atoms with van der Waals surface area (Å²) in [4.78, 5) is 8.14. The highest BCUT2D eigenvalue weighted by atomic mass is 79.9. The summed E-state index contributed by atoms with van der Waals surface area (Å²) >= 11 is 9.62. The van der Waals surface area contributed by atoms with Crippen molar-refractivity contribution in [1.29, 1.82) is 0 Å². The maximum Gasteiger partial charge on any atom is 0.216 e. The molecule has 0 aliphatic rings. The molecule has 19 heavy (non-hydrogen) atoms. The van der Waals surface area contributed by atoms with E-state index in [9.17, 15) is 0 Å². The minimum Gasteiger partial charge on any atom is -0.481 e. The molecule has 1 aromatic heterocycles. The summed E-state index contributed by atoms with van der Waals surface area (Å²) in [5, 5.41) is 0.635. The number of halogens is 2. The van der Waals surface area contributed by atoms with Crippen molar-refractivity contribution >= 4 is 27.5 Å². The number of nitrogens with two attached hydrogens (primary N) is 1. The van der Waals surface area contributed by atoms with Crippen molar-refractivity contribution in [3.8, 4) is 5.88 Å². The monoisotopic (exact) mass is 341 g/mol. The predicted molar refractivity (Wildman–Crippen MR) is 78.4 cm³/mol. The van der Waals surface area contributed by atoms with E-state index in [1.165, 1.54) is 6.33 Å². The topological polar surface area (TPSA) is 61.0 Å². The second-order valence-corrected chi connectivity index (χ2v) is 5.24. The molecule has 0 bridgehead atoms. The Labute approximate surface area is 125 Å². The molecular formula is C13H13BrClN3O. The molecule has 1 atom stereocenters. The molecule has 1 unspecified atom stereocenters. The van der Waals surface area contributed by atoms with Gasteiger partial charge in [-0.3, -0.25) is 0 Å². The molecule has 1 aromatic carbocycles. The number of hydrogen-bond acceptors (Lipinski definition) is 4. The van der Waals surface area contributed by atoms with Crippen molar-refractivity contribution < 1.29 is 4.74 Å². The summed E-state index contributed by atoms with van der Waals surface area (Å²) in [6.45, 7) is 0. The third-order valence-electron chi connectivity index (χ3n) is 2.72. The first kappa shape index (κ1) is 14.2. The molecule has 6 heteroatoms. The minimum absolute atomic E-state index is 0.232. The second-order valence-electron chi connectivity index (χ2n) is 4.01. The van der Waals surface area contributed by atoms with Gasteiger partial charge < -0.3 is 10.5 Å². The van der Waals surface area contributed by atoms with Crippen LogP contribution < -0.4 is 10.5 Å². The first-order valence-electron chi connectivity index (χ1n) is 5.66.